The van der Waals surface area contributed by atoms with Gasteiger partial charge in [0.15, 0.2) is 5.65 Å². The predicted octanol–water partition coefficient (Wildman–Crippen LogP) is 11.5. The largest absolute Gasteiger partial charge is 0.284 e. The highest BCUT2D eigenvalue weighted by Gasteiger charge is 2.18. The fraction of sp³-hybridized carbons (Fsp3) is 0. The molecule has 0 atom stereocenters. The smallest absolute Gasteiger partial charge is 0.165 e. The van der Waals surface area contributed by atoms with Gasteiger partial charge in [0.2, 0.25) is 0 Å². The van der Waals surface area contributed by atoms with Crippen LogP contribution >= 0.6 is 0 Å². The van der Waals surface area contributed by atoms with Crippen molar-refractivity contribution in [2.24, 2.45) is 0 Å². The van der Waals surface area contributed by atoms with Crippen molar-refractivity contribution in [3.05, 3.63) is 164 Å². The molecule has 0 aliphatic rings. The first-order valence-corrected chi connectivity index (χ1v) is 16.0. The molecule has 3 aromatic heterocycles. The predicted molar refractivity (Wildman–Crippen MR) is 197 cm³/mol. The molecule has 10 aromatic rings. The van der Waals surface area contributed by atoms with Crippen molar-refractivity contribution >= 4 is 59.9 Å². The maximum atomic E-state index is 5.23. The Bertz CT molecular complexity index is 2790. The third-order valence-corrected chi connectivity index (χ3v) is 9.58. The van der Waals surface area contributed by atoms with Crippen molar-refractivity contribution in [3.8, 4) is 33.5 Å². The lowest BCUT2D eigenvalue weighted by atomic mass is 9.85. The van der Waals surface area contributed by atoms with E-state index in [0.717, 1.165) is 38.8 Å². The summed E-state index contributed by atoms with van der Waals surface area (Å²) >= 11 is 0. The van der Waals surface area contributed by atoms with E-state index in [-0.39, 0.29) is 0 Å². The maximum Gasteiger partial charge on any atom is 0.165 e. The summed E-state index contributed by atoms with van der Waals surface area (Å²) in [6.07, 6.45) is 2.04. The SMILES string of the molecule is c1ccc2cc(-c3c4ccccc4c(-c4ccc(-c5nc6c(nc7ccccn76)c6ccccc56)cc4)c4ccccc34)ccc2c1. The van der Waals surface area contributed by atoms with Crippen LogP contribution < -0.4 is 0 Å². The van der Waals surface area contributed by atoms with Gasteiger partial charge in [0.25, 0.3) is 0 Å². The first-order valence-electron chi connectivity index (χ1n) is 16.0. The van der Waals surface area contributed by atoms with Crippen LogP contribution in [0.4, 0.5) is 0 Å². The summed E-state index contributed by atoms with van der Waals surface area (Å²) in [4.78, 5) is 10.2. The van der Waals surface area contributed by atoms with Gasteiger partial charge in [-0.15, -0.1) is 0 Å². The maximum absolute atomic E-state index is 5.23. The van der Waals surface area contributed by atoms with Gasteiger partial charge in [-0.2, -0.15) is 0 Å². The second-order valence-corrected chi connectivity index (χ2v) is 12.2. The molecule has 0 fully saturated rings. The van der Waals surface area contributed by atoms with Crippen molar-refractivity contribution in [1.29, 1.82) is 0 Å². The van der Waals surface area contributed by atoms with Gasteiger partial charge in [0.05, 0.1) is 5.69 Å². The number of hydrogen-bond donors (Lipinski definition) is 0. The minimum Gasteiger partial charge on any atom is -0.284 e. The number of pyridine rings is 2. The first-order chi connectivity index (χ1) is 23.3. The van der Waals surface area contributed by atoms with Gasteiger partial charge < -0.3 is 0 Å². The summed E-state index contributed by atoms with van der Waals surface area (Å²) < 4.78 is 2.08. The Hall–Kier alpha value is -6.32. The first kappa shape index (κ1) is 26.0. The van der Waals surface area contributed by atoms with Crippen LogP contribution in [0.15, 0.2) is 164 Å². The van der Waals surface area contributed by atoms with Crippen LogP contribution in [-0.4, -0.2) is 14.4 Å². The average molecular weight is 598 g/mol. The molecule has 3 heterocycles. The van der Waals surface area contributed by atoms with Crippen LogP contribution in [0.3, 0.4) is 0 Å². The van der Waals surface area contributed by atoms with Crippen molar-refractivity contribution < 1.29 is 0 Å². The topological polar surface area (TPSA) is 30.2 Å². The molecular formula is C44H27N3. The van der Waals surface area contributed by atoms with E-state index < -0.39 is 0 Å². The van der Waals surface area contributed by atoms with Crippen molar-refractivity contribution in [2.45, 2.75) is 0 Å². The van der Waals surface area contributed by atoms with E-state index in [1.807, 2.05) is 24.4 Å². The Morgan fingerprint density at radius 2 is 0.915 bits per heavy atom. The number of nitrogens with zero attached hydrogens (tertiary/aromatic N) is 3. The highest BCUT2D eigenvalue weighted by atomic mass is 15.1. The number of aromatic nitrogens is 3. The molecule has 218 valence electrons. The molecule has 0 unspecified atom stereocenters. The van der Waals surface area contributed by atoms with Gasteiger partial charge in [0, 0.05) is 22.5 Å². The van der Waals surface area contributed by atoms with Crippen molar-refractivity contribution in [1.82, 2.24) is 14.4 Å². The summed E-state index contributed by atoms with van der Waals surface area (Å²) in [6.45, 7) is 0. The molecule has 10 rings (SSSR count). The number of rotatable bonds is 3. The zero-order valence-electron chi connectivity index (χ0n) is 25.4. The second-order valence-electron chi connectivity index (χ2n) is 12.2. The van der Waals surface area contributed by atoms with Crippen LogP contribution in [0.1, 0.15) is 0 Å². The minimum atomic E-state index is 0.875. The monoisotopic (exact) mass is 597 g/mol. The molecule has 0 spiro atoms. The molecule has 7 aromatic carbocycles. The third kappa shape index (κ3) is 3.93. The molecular weight excluding hydrogens is 571 g/mol. The zero-order chi connectivity index (χ0) is 30.9. The van der Waals surface area contributed by atoms with Gasteiger partial charge in [-0.05, 0) is 72.8 Å². The average Bonchev–Trinajstić information content (AvgIpc) is 3.52. The fourth-order valence-corrected chi connectivity index (χ4v) is 7.44. The lowest BCUT2D eigenvalue weighted by Crippen LogP contribution is -1.93. The molecule has 0 N–H and O–H groups in total. The molecule has 3 heteroatoms. The molecule has 0 saturated carbocycles. The zero-order valence-corrected chi connectivity index (χ0v) is 25.4. The Morgan fingerprint density at radius 3 is 1.62 bits per heavy atom. The normalized spacial score (nSPS) is 11.8. The van der Waals surface area contributed by atoms with Crippen molar-refractivity contribution in [2.75, 3.05) is 0 Å². The van der Waals surface area contributed by atoms with E-state index in [4.69, 9.17) is 9.97 Å². The van der Waals surface area contributed by atoms with Crippen LogP contribution in [0.2, 0.25) is 0 Å². The van der Waals surface area contributed by atoms with Gasteiger partial charge in [-0.25, -0.2) is 9.97 Å². The molecule has 0 bridgehead atoms. The van der Waals surface area contributed by atoms with Crippen LogP contribution in [-0.2, 0) is 0 Å². The van der Waals surface area contributed by atoms with E-state index in [9.17, 15) is 0 Å². The highest BCUT2D eigenvalue weighted by Crippen LogP contribution is 2.44. The summed E-state index contributed by atoms with van der Waals surface area (Å²) in [5.74, 6) is 0. The highest BCUT2D eigenvalue weighted by molar-refractivity contribution is 6.22. The number of hydrogen-bond acceptors (Lipinski definition) is 2. The summed E-state index contributed by atoms with van der Waals surface area (Å²) in [5, 5.41) is 9.73. The van der Waals surface area contributed by atoms with Gasteiger partial charge in [0.1, 0.15) is 11.2 Å². The summed E-state index contributed by atoms with van der Waals surface area (Å²) in [6, 6.07) is 56.6. The van der Waals surface area contributed by atoms with Gasteiger partial charge in [-0.3, -0.25) is 4.40 Å². The Labute approximate surface area is 271 Å². The molecule has 0 saturated heterocycles. The molecule has 3 nitrogen and oxygen atoms in total. The van der Waals surface area contributed by atoms with Crippen LogP contribution in [0, 0.1) is 0 Å². The Kier molecular flexibility index (Phi) is 5.57. The quantitative estimate of drug-likeness (QED) is 0.190. The van der Waals surface area contributed by atoms with Crippen LogP contribution in [0.5, 0.6) is 0 Å². The molecule has 47 heavy (non-hydrogen) atoms. The minimum absolute atomic E-state index is 0.875. The summed E-state index contributed by atoms with van der Waals surface area (Å²) in [7, 11) is 0. The second kappa shape index (κ2) is 10.1. The van der Waals surface area contributed by atoms with E-state index in [2.05, 4.69) is 144 Å². The Balaban J connectivity index is 1.19. The summed E-state index contributed by atoms with van der Waals surface area (Å²) in [5.41, 5.74) is 9.70. The molecule has 0 aliphatic carbocycles. The molecule has 0 aliphatic heterocycles. The van der Waals surface area contributed by atoms with Gasteiger partial charge >= 0.3 is 0 Å². The van der Waals surface area contributed by atoms with E-state index >= 15 is 0 Å². The van der Waals surface area contributed by atoms with Gasteiger partial charge in [-0.1, -0.05) is 140 Å². The standard InChI is InChI=1S/C44H27N3/c1-2-12-31-27-32(25-20-28(31)11-1)41-35-15-5-3-13-33(35)40(34-14-4-6-16-36(34)41)29-21-23-30(24-22-29)42-37-17-7-8-18-38(37)43-44(46-42)47-26-10-9-19-39(47)45-43/h1-27H. The number of imidazole rings is 1. The fourth-order valence-electron chi connectivity index (χ4n) is 7.44. The van der Waals surface area contributed by atoms with E-state index in [1.165, 1.54) is 54.6 Å². The van der Waals surface area contributed by atoms with Crippen molar-refractivity contribution in [3.63, 3.8) is 0 Å². The van der Waals surface area contributed by atoms with Crippen LogP contribution in [0.25, 0.3) is 93.4 Å². The number of benzene rings is 7. The molecule has 0 radical (unpaired) electrons. The lowest BCUT2D eigenvalue weighted by Gasteiger charge is -2.18. The lowest BCUT2D eigenvalue weighted by molar-refractivity contribution is 1.19. The van der Waals surface area contributed by atoms with E-state index in [1.54, 1.807) is 0 Å². The number of fused-ring (bicyclic) bond motifs is 8. The molecule has 0 amide bonds. The third-order valence-electron chi connectivity index (χ3n) is 9.58. The van der Waals surface area contributed by atoms with E-state index in [0.29, 0.717) is 0 Å². The Morgan fingerprint density at radius 1 is 0.383 bits per heavy atom.